The number of halogens is 2. The Kier molecular flexibility index (Phi) is 4.79. The zero-order valence-electron chi connectivity index (χ0n) is 9.46. The number of hydrogen-bond donors (Lipinski definition) is 1. The summed E-state index contributed by atoms with van der Waals surface area (Å²) in [4.78, 5) is 0. The van der Waals surface area contributed by atoms with Crippen LogP contribution in [0.3, 0.4) is 0 Å². The molecule has 0 bridgehead atoms. The predicted molar refractivity (Wildman–Crippen MR) is 56.0 cm³/mol. The van der Waals surface area contributed by atoms with Crippen molar-refractivity contribution in [1.29, 1.82) is 0 Å². The van der Waals surface area contributed by atoms with Gasteiger partial charge in [-0.2, -0.15) is 0 Å². The Bertz CT molecular complexity index is 323. The fourth-order valence-corrected chi connectivity index (χ4v) is 1.58. The third-order valence-electron chi connectivity index (χ3n) is 2.29. The van der Waals surface area contributed by atoms with Gasteiger partial charge in [0.25, 0.3) is 0 Å². The Morgan fingerprint density at radius 3 is 1.94 bits per heavy atom. The summed E-state index contributed by atoms with van der Waals surface area (Å²) >= 11 is 0. The number of hydrogen-bond acceptors (Lipinski definition) is 3. The summed E-state index contributed by atoms with van der Waals surface area (Å²) in [7, 11) is 4.60. The van der Waals surface area contributed by atoms with Crippen molar-refractivity contribution in [2.45, 2.75) is 12.3 Å². The van der Waals surface area contributed by atoms with E-state index in [1.165, 1.54) is 26.4 Å². The summed E-state index contributed by atoms with van der Waals surface area (Å²) in [6, 6.07) is 2.88. The van der Waals surface area contributed by atoms with Crippen molar-refractivity contribution >= 4 is 0 Å². The molecule has 0 aliphatic heterocycles. The van der Waals surface area contributed by atoms with Gasteiger partial charge in [0, 0.05) is 20.3 Å². The molecule has 0 aliphatic carbocycles. The largest absolute Gasteiger partial charge is 0.354 e. The van der Waals surface area contributed by atoms with E-state index in [1.54, 1.807) is 7.05 Å². The number of nitrogens with one attached hydrogen (secondary N) is 1. The smallest absolute Gasteiger partial charge is 0.176 e. The van der Waals surface area contributed by atoms with Gasteiger partial charge in [0.2, 0.25) is 0 Å². The molecule has 1 atom stereocenters. The molecule has 3 nitrogen and oxygen atoms in total. The van der Waals surface area contributed by atoms with Crippen LogP contribution in [0.25, 0.3) is 0 Å². The van der Waals surface area contributed by atoms with Gasteiger partial charge in [-0.15, -0.1) is 0 Å². The molecule has 0 aromatic heterocycles. The van der Waals surface area contributed by atoms with Crippen LogP contribution in [-0.4, -0.2) is 27.6 Å². The van der Waals surface area contributed by atoms with Gasteiger partial charge >= 0.3 is 0 Å². The minimum absolute atomic E-state index is 0.430. The number of benzene rings is 1. The molecule has 90 valence electrons. The maximum atomic E-state index is 13.0. The lowest BCUT2D eigenvalue weighted by molar-refractivity contribution is -0.123. The molecule has 0 amide bonds. The molecule has 1 aromatic rings. The van der Waals surface area contributed by atoms with Crippen molar-refractivity contribution in [3.63, 3.8) is 0 Å². The zero-order valence-corrected chi connectivity index (χ0v) is 9.46. The quantitative estimate of drug-likeness (QED) is 0.784. The summed E-state index contributed by atoms with van der Waals surface area (Å²) < 4.78 is 36.2. The van der Waals surface area contributed by atoms with E-state index in [-0.39, 0.29) is 0 Å². The number of likely N-dealkylation sites (N-methyl/N-ethyl adjacent to an activating group) is 1. The Balaban J connectivity index is 3.02. The van der Waals surface area contributed by atoms with Crippen LogP contribution in [0.15, 0.2) is 18.2 Å². The lowest BCUT2D eigenvalue weighted by Gasteiger charge is -2.24. The lowest BCUT2D eigenvalue weighted by Crippen LogP contribution is -2.32. The van der Waals surface area contributed by atoms with Crippen molar-refractivity contribution in [3.05, 3.63) is 35.4 Å². The van der Waals surface area contributed by atoms with Crippen LogP contribution in [0.5, 0.6) is 0 Å². The Labute approximate surface area is 93.4 Å². The Morgan fingerprint density at radius 1 is 1.06 bits per heavy atom. The minimum Gasteiger partial charge on any atom is -0.354 e. The molecule has 0 heterocycles. The average Bonchev–Trinajstić information content (AvgIpc) is 2.24. The van der Waals surface area contributed by atoms with Gasteiger partial charge < -0.3 is 14.8 Å². The van der Waals surface area contributed by atoms with Crippen molar-refractivity contribution in [1.82, 2.24) is 5.32 Å². The first-order valence-corrected chi connectivity index (χ1v) is 4.81. The highest BCUT2D eigenvalue weighted by Gasteiger charge is 2.22. The van der Waals surface area contributed by atoms with Gasteiger partial charge in [-0.25, -0.2) is 8.78 Å². The molecule has 1 aromatic carbocycles. The van der Waals surface area contributed by atoms with Gasteiger partial charge in [-0.1, -0.05) is 0 Å². The second-order valence-electron chi connectivity index (χ2n) is 3.31. The fraction of sp³-hybridized carbons (Fsp3) is 0.455. The van der Waals surface area contributed by atoms with Crippen molar-refractivity contribution in [3.8, 4) is 0 Å². The number of rotatable bonds is 5. The minimum atomic E-state index is -0.624. The van der Waals surface area contributed by atoms with Gasteiger partial charge in [-0.05, 0) is 24.7 Å². The van der Waals surface area contributed by atoms with Gasteiger partial charge in [-0.3, -0.25) is 0 Å². The highest BCUT2D eigenvalue weighted by atomic mass is 19.1. The maximum Gasteiger partial charge on any atom is 0.176 e. The predicted octanol–water partition coefficient (Wildman–Crippen LogP) is 1.84. The molecule has 0 aliphatic rings. The first-order valence-electron chi connectivity index (χ1n) is 4.81. The summed E-state index contributed by atoms with van der Waals surface area (Å²) in [5.74, 6) is -1.25. The Morgan fingerprint density at radius 2 is 1.56 bits per heavy atom. The molecule has 0 saturated carbocycles. The maximum absolute atomic E-state index is 13.0. The molecule has 1 unspecified atom stereocenters. The average molecular weight is 231 g/mol. The molecule has 0 fully saturated rings. The molecule has 0 radical (unpaired) electrons. The van der Waals surface area contributed by atoms with Crippen LogP contribution in [-0.2, 0) is 9.47 Å². The summed E-state index contributed by atoms with van der Waals surface area (Å²) in [6.07, 6.45) is -0.605. The molecule has 5 heteroatoms. The third kappa shape index (κ3) is 2.98. The van der Waals surface area contributed by atoms with E-state index in [0.717, 1.165) is 6.07 Å². The summed E-state index contributed by atoms with van der Waals surface area (Å²) in [5.41, 5.74) is 0.439. The highest BCUT2D eigenvalue weighted by molar-refractivity contribution is 5.22. The molecule has 0 spiro atoms. The summed E-state index contributed by atoms with van der Waals surface area (Å²) in [5, 5.41) is 2.89. The monoisotopic (exact) mass is 231 g/mol. The van der Waals surface area contributed by atoms with Crippen molar-refractivity contribution in [2.75, 3.05) is 21.3 Å². The summed E-state index contributed by atoms with van der Waals surface area (Å²) in [6.45, 7) is 0. The van der Waals surface area contributed by atoms with Crippen LogP contribution < -0.4 is 5.32 Å². The van der Waals surface area contributed by atoms with Crippen molar-refractivity contribution < 1.29 is 18.3 Å². The van der Waals surface area contributed by atoms with Crippen LogP contribution >= 0.6 is 0 Å². The zero-order chi connectivity index (χ0) is 12.1. The molecule has 1 N–H and O–H groups in total. The van der Waals surface area contributed by atoms with Gasteiger partial charge in [0.1, 0.15) is 11.6 Å². The van der Waals surface area contributed by atoms with Gasteiger partial charge in [0.05, 0.1) is 6.04 Å². The highest BCUT2D eigenvalue weighted by Crippen LogP contribution is 2.21. The standard InChI is InChI=1S/C11H15F2NO2/c1-14-10(11(15-2)16-3)7-4-8(12)6-9(13)5-7/h4-6,10-11,14H,1-3H3. The second kappa shape index (κ2) is 5.89. The second-order valence-corrected chi connectivity index (χ2v) is 3.31. The van der Waals surface area contributed by atoms with E-state index in [2.05, 4.69) is 5.32 Å². The first-order chi connectivity index (χ1) is 7.62. The van der Waals surface area contributed by atoms with E-state index < -0.39 is 24.0 Å². The molecular weight excluding hydrogens is 216 g/mol. The van der Waals surface area contributed by atoms with Crippen LogP contribution in [0.2, 0.25) is 0 Å². The van der Waals surface area contributed by atoms with E-state index in [9.17, 15) is 8.78 Å². The van der Waals surface area contributed by atoms with Gasteiger partial charge in [0.15, 0.2) is 6.29 Å². The van der Waals surface area contributed by atoms with E-state index >= 15 is 0 Å². The lowest BCUT2D eigenvalue weighted by atomic mass is 10.1. The third-order valence-corrected chi connectivity index (χ3v) is 2.29. The normalized spacial score (nSPS) is 13.1. The number of ether oxygens (including phenoxy) is 2. The first kappa shape index (κ1) is 13.0. The SMILES string of the molecule is CNC(c1cc(F)cc(F)c1)C(OC)OC. The topological polar surface area (TPSA) is 30.5 Å². The molecule has 16 heavy (non-hydrogen) atoms. The van der Waals surface area contributed by atoms with E-state index in [0.29, 0.717) is 5.56 Å². The molecular formula is C11H15F2NO2. The molecule has 0 saturated heterocycles. The van der Waals surface area contributed by atoms with Crippen LogP contribution in [0, 0.1) is 11.6 Å². The fourth-order valence-electron chi connectivity index (χ4n) is 1.58. The van der Waals surface area contributed by atoms with Crippen LogP contribution in [0.4, 0.5) is 8.78 Å². The Hall–Kier alpha value is -1.04. The molecule has 1 rings (SSSR count). The number of methoxy groups -OCH3 is 2. The van der Waals surface area contributed by atoms with E-state index in [1.807, 2.05) is 0 Å². The van der Waals surface area contributed by atoms with Crippen molar-refractivity contribution in [2.24, 2.45) is 0 Å². The van der Waals surface area contributed by atoms with E-state index in [4.69, 9.17) is 9.47 Å². The van der Waals surface area contributed by atoms with Crippen LogP contribution in [0.1, 0.15) is 11.6 Å².